The number of rotatable bonds is 4. The molecule has 3 heterocycles. The van der Waals surface area contributed by atoms with Crippen LogP contribution < -0.4 is 11.2 Å². The zero-order valence-corrected chi connectivity index (χ0v) is 13.0. The zero-order valence-electron chi connectivity index (χ0n) is 12.1. The van der Waals surface area contributed by atoms with Crippen molar-refractivity contribution in [1.29, 1.82) is 0 Å². The number of phosphoric ester groups is 1. The Bertz CT molecular complexity index is 959. The van der Waals surface area contributed by atoms with Crippen LogP contribution in [0.15, 0.2) is 9.59 Å². The summed E-state index contributed by atoms with van der Waals surface area (Å²) in [5, 5.41) is 29.9. The molecule has 1 saturated heterocycles. The Morgan fingerprint density at radius 2 is 1.92 bits per heavy atom. The van der Waals surface area contributed by atoms with Crippen molar-refractivity contribution in [3.63, 3.8) is 0 Å². The summed E-state index contributed by atoms with van der Waals surface area (Å²) in [7, 11) is -4.84. The first-order valence-electron chi connectivity index (χ1n) is 6.73. The molecule has 0 radical (unpaired) electrons. The summed E-state index contributed by atoms with van der Waals surface area (Å²) in [5.74, 6) is 0. The molecule has 0 saturated carbocycles. The third-order valence-corrected chi connectivity index (χ3v) is 4.05. The summed E-state index contributed by atoms with van der Waals surface area (Å²) in [4.78, 5) is 48.1. The van der Waals surface area contributed by atoms with Crippen molar-refractivity contribution in [3.05, 3.63) is 20.8 Å². The Morgan fingerprint density at radius 3 is 2.56 bits per heavy atom. The second kappa shape index (κ2) is 6.03. The summed E-state index contributed by atoms with van der Waals surface area (Å²) in [6.45, 7) is -0.760. The molecule has 0 aromatic carbocycles. The lowest BCUT2D eigenvalue weighted by atomic mass is 10.1. The van der Waals surface area contributed by atoms with Crippen molar-refractivity contribution in [1.82, 2.24) is 19.5 Å². The standard InChI is InChI=1S/C10H13N4O10P/c15-4-2(1-23-25(20,21)22)24-8(5(4)16)14-6-3(11-10(14)19)7(17)13-9(18)12-6/h2,4-5,8,15-16H,1H2,(H,11,19)(H2,20,21,22)(H2,12,13,17,18)/t2-,4-,5-,8-/m1/s1. The molecule has 3 rings (SSSR count). The van der Waals surface area contributed by atoms with Crippen LogP contribution in [0.2, 0.25) is 0 Å². The fourth-order valence-corrected chi connectivity index (χ4v) is 2.83. The first-order valence-corrected chi connectivity index (χ1v) is 8.26. The van der Waals surface area contributed by atoms with Crippen LogP contribution in [-0.2, 0) is 13.8 Å². The lowest BCUT2D eigenvalue weighted by Gasteiger charge is -2.17. The third kappa shape index (κ3) is 3.23. The maximum Gasteiger partial charge on any atom is 0.469 e. The quantitative estimate of drug-likeness (QED) is 0.262. The van der Waals surface area contributed by atoms with Gasteiger partial charge in [-0.05, 0) is 0 Å². The molecule has 14 nitrogen and oxygen atoms in total. The van der Waals surface area contributed by atoms with E-state index in [9.17, 15) is 29.5 Å². The average Bonchev–Trinajstić information content (AvgIpc) is 2.95. The molecule has 0 bridgehead atoms. The number of nitrogens with zero attached hydrogens (tertiary/aromatic N) is 2. The number of aromatic amines is 2. The first-order chi connectivity index (χ1) is 11.6. The largest absolute Gasteiger partial charge is 0.480 e. The lowest BCUT2D eigenvalue weighted by Crippen LogP contribution is -2.33. The molecule has 2 aromatic heterocycles. The van der Waals surface area contributed by atoms with Crippen LogP contribution in [0.25, 0.3) is 11.2 Å². The normalized spacial score (nSPS) is 27.2. The van der Waals surface area contributed by atoms with Crippen LogP contribution >= 0.6 is 7.82 Å². The molecule has 1 aliphatic heterocycles. The number of aliphatic hydroxyl groups excluding tert-OH is 2. The maximum atomic E-state index is 11.7. The smallest absolute Gasteiger partial charge is 0.469 e. The van der Waals surface area contributed by atoms with Crippen LogP contribution in [0.1, 0.15) is 6.23 Å². The Labute approximate surface area is 136 Å². The molecule has 7 N–H and O–H groups in total. The Morgan fingerprint density at radius 1 is 1.24 bits per heavy atom. The van der Waals surface area contributed by atoms with E-state index in [1.54, 1.807) is 0 Å². The molecule has 2 aromatic rings. The van der Waals surface area contributed by atoms with E-state index in [0.29, 0.717) is 0 Å². The molecule has 25 heavy (non-hydrogen) atoms. The van der Waals surface area contributed by atoms with E-state index in [4.69, 9.17) is 14.5 Å². The van der Waals surface area contributed by atoms with E-state index in [1.807, 2.05) is 4.98 Å². The van der Waals surface area contributed by atoms with E-state index >= 15 is 0 Å². The minimum Gasteiger partial charge on any atom is -0.480 e. The molecule has 0 spiro atoms. The van der Waals surface area contributed by atoms with Gasteiger partial charge in [0.25, 0.3) is 11.6 Å². The second-order valence-electron chi connectivity index (χ2n) is 5.22. The zero-order chi connectivity index (χ0) is 18.5. The number of aromatic hydroxyl groups is 1. The van der Waals surface area contributed by atoms with Gasteiger partial charge < -0.3 is 29.8 Å². The van der Waals surface area contributed by atoms with E-state index in [-0.39, 0.29) is 11.2 Å². The van der Waals surface area contributed by atoms with Gasteiger partial charge in [-0.25, -0.2) is 13.9 Å². The number of fused-ring (bicyclic) bond motifs is 1. The van der Waals surface area contributed by atoms with Crippen molar-refractivity contribution in [3.8, 4) is 6.01 Å². The SMILES string of the molecule is O=c1[nH]c(=O)c2nc(O)n([C@@H]3O[C@H](COP(=O)(O)O)[C@@H](O)[C@H]3O)c2[nH]1. The highest BCUT2D eigenvalue weighted by molar-refractivity contribution is 7.46. The van der Waals surface area contributed by atoms with Gasteiger partial charge in [0, 0.05) is 0 Å². The van der Waals surface area contributed by atoms with Crippen molar-refractivity contribution >= 4 is 19.0 Å². The summed E-state index contributed by atoms with van der Waals surface area (Å²) < 4.78 is 21.0. The van der Waals surface area contributed by atoms with Gasteiger partial charge in [-0.15, -0.1) is 0 Å². The van der Waals surface area contributed by atoms with Gasteiger partial charge in [-0.2, -0.15) is 4.98 Å². The number of aromatic nitrogens is 4. The number of nitrogens with one attached hydrogen (secondary N) is 2. The van der Waals surface area contributed by atoms with Crippen molar-refractivity contribution in [2.45, 2.75) is 24.5 Å². The van der Waals surface area contributed by atoms with Gasteiger partial charge >= 0.3 is 13.5 Å². The monoisotopic (exact) mass is 380 g/mol. The Balaban J connectivity index is 1.98. The lowest BCUT2D eigenvalue weighted by molar-refractivity contribution is -0.0530. The van der Waals surface area contributed by atoms with Crippen LogP contribution in [0.3, 0.4) is 0 Å². The first kappa shape index (κ1) is 17.8. The highest BCUT2D eigenvalue weighted by Crippen LogP contribution is 2.39. The van der Waals surface area contributed by atoms with Gasteiger partial charge in [-0.3, -0.25) is 19.3 Å². The fourth-order valence-electron chi connectivity index (χ4n) is 2.49. The van der Waals surface area contributed by atoms with Gasteiger partial charge in [-0.1, -0.05) is 0 Å². The Hall–Kier alpha value is -2.06. The summed E-state index contributed by atoms with van der Waals surface area (Å²) >= 11 is 0. The van der Waals surface area contributed by atoms with Crippen LogP contribution in [0, 0.1) is 0 Å². The molecular formula is C10H13N4O10P. The van der Waals surface area contributed by atoms with Crippen molar-refractivity contribution in [2.75, 3.05) is 6.61 Å². The van der Waals surface area contributed by atoms with E-state index in [0.717, 1.165) is 4.57 Å². The van der Waals surface area contributed by atoms with Gasteiger partial charge in [0.15, 0.2) is 17.4 Å². The molecule has 0 amide bonds. The molecule has 0 unspecified atom stereocenters. The van der Waals surface area contributed by atoms with E-state index in [2.05, 4.69) is 14.5 Å². The number of aliphatic hydroxyl groups is 2. The molecule has 1 fully saturated rings. The maximum absolute atomic E-state index is 11.7. The topological polar surface area (TPSA) is 220 Å². The van der Waals surface area contributed by atoms with Crippen LogP contribution in [-0.4, -0.2) is 69.5 Å². The fraction of sp³-hybridized carbons (Fsp3) is 0.500. The second-order valence-corrected chi connectivity index (χ2v) is 6.46. The minimum absolute atomic E-state index is 0.279. The summed E-state index contributed by atoms with van der Waals surface area (Å²) in [5.41, 5.74) is -2.44. The Kier molecular flexibility index (Phi) is 4.28. The number of ether oxygens (including phenoxy) is 1. The van der Waals surface area contributed by atoms with Gasteiger partial charge in [0.1, 0.15) is 18.3 Å². The predicted octanol–water partition coefficient (Wildman–Crippen LogP) is -3.15. The van der Waals surface area contributed by atoms with Crippen molar-refractivity contribution < 1.29 is 38.9 Å². The van der Waals surface area contributed by atoms with E-state index < -0.39 is 56.2 Å². The molecule has 1 aliphatic rings. The number of hydrogen-bond acceptors (Lipinski definition) is 9. The van der Waals surface area contributed by atoms with Gasteiger partial charge in [0.05, 0.1) is 6.61 Å². The van der Waals surface area contributed by atoms with Crippen LogP contribution in [0.4, 0.5) is 0 Å². The highest BCUT2D eigenvalue weighted by atomic mass is 31.2. The molecule has 0 aliphatic carbocycles. The van der Waals surface area contributed by atoms with Gasteiger partial charge in [0.2, 0.25) is 0 Å². The summed E-state index contributed by atoms with van der Waals surface area (Å²) in [6, 6.07) is -0.796. The third-order valence-electron chi connectivity index (χ3n) is 3.57. The number of H-pyrrole nitrogens is 2. The van der Waals surface area contributed by atoms with E-state index in [1.165, 1.54) is 0 Å². The molecule has 15 heteroatoms. The average molecular weight is 380 g/mol. The minimum atomic E-state index is -4.84. The highest BCUT2D eigenvalue weighted by Gasteiger charge is 2.46. The summed E-state index contributed by atoms with van der Waals surface area (Å²) in [6.07, 6.45) is -6.19. The van der Waals surface area contributed by atoms with Crippen LogP contribution in [0.5, 0.6) is 6.01 Å². The predicted molar refractivity (Wildman–Crippen MR) is 76.6 cm³/mol. The molecule has 4 atom stereocenters. The number of hydrogen-bond donors (Lipinski definition) is 7. The number of imidazole rings is 1. The molecule has 138 valence electrons. The molecular weight excluding hydrogens is 367 g/mol. The number of phosphoric acid groups is 1. The van der Waals surface area contributed by atoms with Crippen molar-refractivity contribution in [2.24, 2.45) is 0 Å².